The van der Waals surface area contributed by atoms with Gasteiger partial charge in [0, 0.05) is 13.0 Å². The minimum absolute atomic E-state index is 0.107. The van der Waals surface area contributed by atoms with Gasteiger partial charge < -0.3 is 4.74 Å². The monoisotopic (exact) mass is 359 g/mol. The van der Waals surface area contributed by atoms with Crippen molar-refractivity contribution >= 4 is 29.4 Å². The van der Waals surface area contributed by atoms with Crippen molar-refractivity contribution in [3.63, 3.8) is 0 Å². The lowest BCUT2D eigenvalue weighted by molar-refractivity contribution is -0.126. The zero-order valence-electron chi connectivity index (χ0n) is 15.7. The minimum atomic E-state index is 0.107. The Kier molecular flexibility index (Phi) is 4.13. The molecule has 1 aliphatic heterocycles. The van der Waals surface area contributed by atoms with Gasteiger partial charge in [-0.05, 0) is 60.8 Å². The van der Waals surface area contributed by atoms with E-state index in [1.807, 2.05) is 29.2 Å². The van der Waals surface area contributed by atoms with Gasteiger partial charge in [0.15, 0.2) is 0 Å². The van der Waals surface area contributed by atoms with Gasteiger partial charge in [-0.1, -0.05) is 48.6 Å². The summed E-state index contributed by atoms with van der Waals surface area (Å²) in [4.78, 5) is 15.9. The molecule has 138 valence electrons. The number of carbonyl (C=O) groups is 1. The lowest BCUT2D eigenvalue weighted by Gasteiger charge is -2.37. The summed E-state index contributed by atoms with van der Waals surface area (Å²) >= 11 is 0. The van der Waals surface area contributed by atoms with Crippen LogP contribution >= 0.6 is 0 Å². The van der Waals surface area contributed by atoms with Gasteiger partial charge in [0.05, 0.1) is 17.5 Å². The zero-order valence-corrected chi connectivity index (χ0v) is 15.7. The van der Waals surface area contributed by atoms with Crippen LogP contribution < -0.4 is 4.90 Å². The van der Waals surface area contributed by atoms with E-state index in [1.54, 1.807) is 7.11 Å². The van der Waals surface area contributed by atoms with E-state index in [4.69, 9.17) is 4.74 Å². The fourth-order valence-electron chi connectivity index (χ4n) is 5.43. The maximum atomic E-state index is 13.9. The molecule has 27 heavy (non-hydrogen) atoms. The van der Waals surface area contributed by atoms with Gasteiger partial charge in [0.1, 0.15) is 0 Å². The smallest absolute Gasteiger partial charge is 0.235 e. The fourth-order valence-corrected chi connectivity index (χ4v) is 5.43. The first kappa shape index (κ1) is 16.8. The van der Waals surface area contributed by atoms with E-state index in [0.29, 0.717) is 17.9 Å². The lowest BCUT2D eigenvalue weighted by Crippen LogP contribution is -2.42. The van der Waals surface area contributed by atoms with Crippen LogP contribution in [0.5, 0.6) is 0 Å². The van der Waals surface area contributed by atoms with Gasteiger partial charge in [-0.15, -0.1) is 0 Å². The van der Waals surface area contributed by atoms with Crippen LogP contribution in [0.15, 0.2) is 48.5 Å². The molecule has 2 saturated carbocycles. The van der Waals surface area contributed by atoms with E-state index in [0.717, 1.165) is 48.2 Å². The number of methoxy groups -OCH3 is 1. The Morgan fingerprint density at radius 1 is 0.889 bits per heavy atom. The molecule has 5 rings (SSSR count). The van der Waals surface area contributed by atoms with Crippen LogP contribution in [0.3, 0.4) is 0 Å². The molecule has 3 nitrogen and oxygen atoms in total. The first-order valence-electron chi connectivity index (χ1n) is 9.99. The SMILES string of the molecule is COC1C[C@H]2CC[C@H](C1)C2C(=O)N1c2ccccc2C=Cc2ccccc21. The van der Waals surface area contributed by atoms with E-state index in [2.05, 4.69) is 36.4 Å². The number of hydrogen-bond donors (Lipinski definition) is 0. The summed E-state index contributed by atoms with van der Waals surface area (Å²) in [6, 6.07) is 16.5. The quantitative estimate of drug-likeness (QED) is 0.729. The number of anilines is 2. The molecule has 0 saturated heterocycles. The summed E-state index contributed by atoms with van der Waals surface area (Å²) in [5, 5.41) is 0. The van der Waals surface area contributed by atoms with Crippen LogP contribution in [-0.2, 0) is 9.53 Å². The predicted octanol–water partition coefficient (Wildman–Crippen LogP) is 5.29. The number of fused-ring (bicyclic) bond motifs is 4. The molecule has 3 aliphatic rings. The molecule has 0 radical (unpaired) electrons. The summed E-state index contributed by atoms with van der Waals surface area (Å²) in [5.41, 5.74) is 4.19. The van der Waals surface area contributed by atoms with Crippen LogP contribution in [0.4, 0.5) is 11.4 Å². The molecule has 2 fully saturated rings. The van der Waals surface area contributed by atoms with Gasteiger partial charge >= 0.3 is 0 Å². The topological polar surface area (TPSA) is 29.5 Å². The second kappa shape index (κ2) is 6.65. The fraction of sp³-hybridized carbons (Fsp3) is 0.375. The summed E-state index contributed by atoms with van der Waals surface area (Å²) < 4.78 is 5.64. The maximum Gasteiger partial charge on any atom is 0.235 e. The summed E-state index contributed by atoms with van der Waals surface area (Å²) in [6.45, 7) is 0. The number of nitrogens with zero attached hydrogens (tertiary/aromatic N) is 1. The Morgan fingerprint density at radius 3 is 1.93 bits per heavy atom. The molecule has 0 spiro atoms. The van der Waals surface area contributed by atoms with E-state index >= 15 is 0 Å². The number of carbonyl (C=O) groups excluding carboxylic acids is 1. The van der Waals surface area contributed by atoms with Crippen LogP contribution in [0, 0.1) is 17.8 Å². The number of benzene rings is 2. The minimum Gasteiger partial charge on any atom is -0.381 e. The molecule has 1 heterocycles. The van der Waals surface area contributed by atoms with Crippen molar-refractivity contribution in [2.75, 3.05) is 12.0 Å². The average molecular weight is 359 g/mol. The number of rotatable bonds is 2. The van der Waals surface area contributed by atoms with Crippen molar-refractivity contribution in [2.45, 2.75) is 31.8 Å². The second-order valence-corrected chi connectivity index (χ2v) is 8.08. The van der Waals surface area contributed by atoms with Crippen molar-refractivity contribution in [3.8, 4) is 0 Å². The molecule has 2 atom stereocenters. The Morgan fingerprint density at radius 2 is 1.41 bits per heavy atom. The van der Waals surface area contributed by atoms with E-state index < -0.39 is 0 Å². The number of para-hydroxylation sites is 2. The molecule has 2 aromatic carbocycles. The molecule has 0 unspecified atom stereocenters. The average Bonchev–Trinajstić information content (AvgIpc) is 2.89. The van der Waals surface area contributed by atoms with Crippen molar-refractivity contribution in [3.05, 3.63) is 59.7 Å². The number of amides is 1. The molecule has 3 heteroatoms. The van der Waals surface area contributed by atoms with Gasteiger partial charge in [-0.2, -0.15) is 0 Å². The van der Waals surface area contributed by atoms with Crippen molar-refractivity contribution < 1.29 is 9.53 Å². The molecule has 2 bridgehead atoms. The van der Waals surface area contributed by atoms with E-state index in [-0.39, 0.29) is 11.8 Å². The number of ether oxygens (including phenoxy) is 1. The third-order valence-electron chi connectivity index (χ3n) is 6.69. The highest BCUT2D eigenvalue weighted by Gasteiger charge is 2.48. The standard InChI is InChI=1S/C24H25NO2/c1-27-20-14-18-12-13-19(15-20)23(18)24(26)25-21-8-4-2-6-16(21)10-11-17-7-3-5-9-22(17)25/h2-11,18-20,23H,12-15H2,1H3/t18-,19-,20?,23?/m1/s1. The van der Waals surface area contributed by atoms with Gasteiger partial charge in [0.25, 0.3) is 0 Å². The third kappa shape index (κ3) is 2.72. The summed E-state index contributed by atoms with van der Waals surface area (Å²) in [5.74, 6) is 1.25. The van der Waals surface area contributed by atoms with Gasteiger partial charge in [-0.3, -0.25) is 9.69 Å². The van der Waals surface area contributed by atoms with Crippen LogP contribution in [0.1, 0.15) is 36.8 Å². The molecule has 1 amide bonds. The Labute approximate surface area is 160 Å². The van der Waals surface area contributed by atoms with Crippen molar-refractivity contribution in [2.24, 2.45) is 17.8 Å². The van der Waals surface area contributed by atoms with E-state index in [1.165, 1.54) is 0 Å². The summed E-state index contributed by atoms with van der Waals surface area (Å²) in [7, 11) is 1.80. The predicted molar refractivity (Wildman–Crippen MR) is 109 cm³/mol. The van der Waals surface area contributed by atoms with Gasteiger partial charge in [0.2, 0.25) is 5.91 Å². The third-order valence-corrected chi connectivity index (χ3v) is 6.69. The summed E-state index contributed by atoms with van der Waals surface area (Å²) in [6.07, 6.45) is 8.89. The Balaban J connectivity index is 1.58. The first-order valence-corrected chi connectivity index (χ1v) is 9.99. The second-order valence-electron chi connectivity index (χ2n) is 8.08. The molecule has 2 aliphatic carbocycles. The largest absolute Gasteiger partial charge is 0.381 e. The van der Waals surface area contributed by atoms with Crippen LogP contribution in [0.2, 0.25) is 0 Å². The van der Waals surface area contributed by atoms with Gasteiger partial charge in [-0.25, -0.2) is 0 Å². The highest BCUT2D eigenvalue weighted by atomic mass is 16.5. The zero-order chi connectivity index (χ0) is 18.4. The molecule has 0 aromatic heterocycles. The Hall–Kier alpha value is -2.39. The van der Waals surface area contributed by atoms with Crippen LogP contribution in [-0.4, -0.2) is 19.1 Å². The highest BCUT2D eigenvalue weighted by Crippen LogP contribution is 2.50. The molecule has 2 aromatic rings. The van der Waals surface area contributed by atoms with Crippen molar-refractivity contribution in [1.82, 2.24) is 0 Å². The number of hydrogen-bond acceptors (Lipinski definition) is 2. The molecular weight excluding hydrogens is 334 g/mol. The van der Waals surface area contributed by atoms with Crippen molar-refractivity contribution in [1.29, 1.82) is 0 Å². The van der Waals surface area contributed by atoms with E-state index in [9.17, 15) is 4.79 Å². The highest BCUT2D eigenvalue weighted by molar-refractivity contribution is 6.07. The Bertz CT molecular complexity index is 839. The van der Waals surface area contributed by atoms with Crippen LogP contribution in [0.25, 0.3) is 12.2 Å². The lowest BCUT2D eigenvalue weighted by atomic mass is 9.76. The first-order chi connectivity index (χ1) is 13.3. The maximum absolute atomic E-state index is 13.9. The molecule has 0 N–H and O–H groups in total. The molecular formula is C24H25NO2. The normalized spacial score (nSPS) is 28.4.